The van der Waals surface area contributed by atoms with Crippen LogP contribution in [0.3, 0.4) is 0 Å². The molecule has 4 aromatic carbocycles. The van der Waals surface area contributed by atoms with Gasteiger partial charge in [0.25, 0.3) is 0 Å². The molecular weight excluding hydrogens is 701 g/mol. The van der Waals surface area contributed by atoms with Gasteiger partial charge in [-0.15, -0.1) is 18.2 Å². The maximum Gasteiger partial charge on any atom is 2.00 e. The molecule has 0 fully saturated rings. The quantitative estimate of drug-likeness (QED) is 0.134. The normalized spacial score (nSPS) is 12.3. The van der Waals surface area contributed by atoms with Crippen LogP contribution in [-0.2, 0) is 31.9 Å². The second-order valence-electron chi connectivity index (χ2n) is 12.7. The van der Waals surface area contributed by atoms with E-state index in [0.29, 0.717) is 11.5 Å². The zero-order chi connectivity index (χ0) is 28.5. The van der Waals surface area contributed by atoms with E-state index in [9.17, 15) is 0 Å². The molecule has 0 bridgehead atoms. The molecule has 0 N–H and O–H groups in total. The number of hydrogen-bond acceptors (Lipinski definition) is 4. The predicted octanol–water partition coefficient (Wildman–Crippen LogP) is 9.41. The Morgan fingerprint density at radius 2 is 1.62 bits per heavy atom. The van der Waals surface area contributed by atoms with Crippen LogP contribution < -0.4 is 4.74 Å². The van der Waals surface area contributed by atoms with Crippen molar-refractivity contribution in [3.05, 3.63) is 103 Å². The minimum atomic E-state index is -0.0277. The molecule has 0 saturated carbocycles. The molecule has 3 aromatic heterocycles. The standard InChI is InChI=1S/C36H31N3O2.Pt/c1-35(2,3)23-15-16-37-29(17-23)28-19-31(27-14-13-22-9-7-12-30-32(22)33(27)34(28)41-30)40-26-11-8-10-25(18-26)39-21-24(20-38-39)36(4,5)6;/h7-17,20-21H,1-6H3;/q-2;+2. The van der Waals surface area contributed by atoms with Gasteiger partial charge in [-0.05, 0) is 56.2 Å². The number of nitrogens with zero attached hydrogens (tertiary/aromatic N) is 3. The molecule has 7 aromatic rings. The van der Waals surface area contributed by atoms with Crippen molar-refractivity contribution in [2.24, 2.45) is 0 Å². The molecule has 212 valence electrons. The fourth-order valence-electron chi connectivity index (χ4n) is 5.31. The summed E-state index contributed by atoms with van der Waals surface area (Å²) in [4.78, 5) is 4.75. The summed E-state index contributed by atoms with van der Waals surface area (Å²) in [5.41, 5.74) is 6.31. The molecule has 0 spiro atoms. The van der Waals surface area contributed by atoms with Crippen LogP contribution in [0.2, 0.25) is 0 Å². The van der Waals surface area contributed by atoms with Gasteiger partial charge >= 0.3 is 21.1 Å². The number of hydrogen-bond donors (Lipinski definition) is 0. The van der Waals surface area contributed by atoms with Crippen LogP contribution in [0.5, 0.6) is 11.5 Å². The molecule has 0 atom stereocenters. The molecule has 6 heteroatoms. The second kappa shape index (κ2) is 10.1. The number of pyridine rings is 1. The third-order valence-corrected chi connectivity index (χ3v) is 7.70. The summed E-state index contributed by atoms with van der Waals surface area (Å²) >= 11 is 0. The first-order valence-electron chi connectivity index (χ1n) is 13.9. The summed E-state index contributed by atoms with van der Waals surface area (Å²) in [7, 11) is 0. The Balaban J connectivity index is 0.00000316. The average molecular weight is 733 g/mol. The molecule has 42 heavy (non-hydrogen) atoms. The van der Waals surface area contributed by atoms with E-state index in [1.807, 2.05) is 53.6 Å². The Hall–Kier alpha value is -3.95. The fourth-order valence-corrected chi connectivity index (χ4v) is 5.31. The van der Waals surface area contributed by atoms with Crippen molar-refractivity contribution in [2.75, 3.05) is 0 Å². The summed E-state index contributed by atoms with van der Waals surface area (Å²) < 4.78 is 14.9. The van der Waals surface area contributed by atoms with Gasteiger partial charge in [-0.25, -0.2) is 0 Å². The van der Waals surface area contributed by atoms with Crippen molar-refractivity contribution in [2.45, 2.75) is 52.4 Å². The smallest absolute Gasteiger partial charge is 0.502 e. The monoisotopic (exact) mass is 732 g/mol. The van der Waals surface area contributed by atoms with Gasteiger partial charge in [0, 0.05) is 29.3 Å². The predicted molar refractivity (Wildman–Crippen MR) is 164 cm³/mol. The van der Waals surface area contributed by atoms with Crippen molar-refractivity contribution < 1.29 is 30.2 Å². The average Bonchev–Trinajstić information content (AvgIpc) is 3.59. The number of rotatable bonds is 4. The van der Waals surface area contributed by atoms with E-state index in [1.54, 1.807) is 0 Å². The van der Waals surface area contributed by atoms with Crippen molar-refractivity contribution in [3.8, 4) is 28.4 Å². The third-order valence-electron chi connectivity index (χ3n) is 7.70. The van der Waals surface area contributed by atoms with E-state index >= 15 is 0 Å². The first-order valence-corrected chi connectivity index (χ1v) is 13.9. The molecule has 0 radical (unpaired) electrons. The Kier molecular flexibility index (Phi) is 6.78. The van der Waals surface area contributed by atoms with E-state index in [-0.39, 0.29) is 31.9 Å². The van der Waals surface area contributed by atoms with E-state index in [1.165, 1.54) is 5.56 Å². The third kappa shape index (κ3) is 4.80. The van der Waals surface area contributed by atoms with Gasteiger partial charge in [-0.1, -0.05) is 88.9 Å². The molecule has 0 aliphatic rings. The number of benzene rings is 4. The fraction of sp³-hybridized carbons (Fsp3) is 0.222. The Morgan fingerprint density at radius 3 is 2.38 bits per heavy atom. The Morgan fingerprint density at radius 1 is 0.833 bits per heavy atom. The molecule has 3 heterocycles. The Labute approximate surface area is 260 Å². The maximum atomic E-state index is 6.58. The van der Waals surface area contributed by atoms with E-state index in [0.717, 1.165) is 55.2 Å². The zero-order valence-corrected chi connectivity index (χ0v) is 26.8. The van der Waals surface area contributed by atoms with Crippen LogP contribution in [0, 0.1) is 12.1 Å². The molecular formula is C36H31N3O2Pt. The minimum absolute atomic E-state index is 0. The molecule has 5 nitrogen and oxygen atoms in total. The number of aromatic nitrogens is 3. The van der Waals surface area contributed by atoms with Crippen LogP contribution in [0.1, 0.15) is 52.7 Å². The largest absolute Gasteiger partial charge is 2.00 e. The molecule has 7 rings (SSSR count). The van der Waals surface area contributed by atoms with E-state index in [2.05, 4.69) is 89.1 Å². The van der Waals surface area contributed by atoms with E-state index in [4.69, 9.17) is 14.1 Å². The van der Waals surface area contributed by atoms with Crippen LogP contribution in [0.15, 0.2) is 83.7 Å². The minimum Gasteiger partial charge on any atom is -0.502 e. The zero-order valence-electron chi connectivity index (χ0n) is 24.5. The topological polar surface area (TPSA) is 53.1 Å². The number of furan rings is 1. The Bertz CT molecular complexity index is 2060. The summed E-state index contributed by atoms with van der Waals surface area (Å²) in [5, 5.41) is 8.73. The molecule has 0 saturated heterocycles. The first-order chi connectivity index (χ1) is 19.6. The second-order valence-corrected chi connectivity index (χ2v) is 12.7. The number of ether oxygens (including phenoxy) is 1. The van der Waals surface area contributed by atoms with Gasteiger partial charge in [-0.2, -0.15) is 11.2 Å². The van der Waals surface area contributed by atoms with Crippen molar-refractivity contribution in [1.82, 2.24) is 14.8 Å². The molecule has 0 aliphatic carbocycles. The molecule has 0 unspecified atom stereocenters. The van der Waals surface area contributed by atoms with Crippen LogP contribution in [-0.4, -0.2) is 14.8 Å². The van der Waals surface area contributed by atoms with Crippen LogP contribution >= 0.6 is 0 Å². The molecule has 0 amide bonds. The van der Waals surface area contributed by atoms with Gasteiger partial charge in [0.2, 0.25) is 0 Å². The summed E-state index contributed by atoms with van der Waals surface area (Å²) in [6.45, 7) is 13.1. The first kappa shape index (κ1) is 28.2. The summed E-state index contributed by atoms with van der Waals surface area (Å²) in [5.74, 6) is 1.18. The van der Waals surface area contributed by atoms with Gasteiger partial charge in [0.15, 0.2) is 0 Å². The van der Waals surface area contributed by atoms with Crippen LogP contribution in [0.25, 0.3) is 49.7 Å². The van der Waals surface area contributed by atoms with Crippen molar-refractivity contribution in [3.63, 3.8) is 0 Å². The van der Waals surface area contributed by atoms with Crippen molar-refractivity contribution >= 4 is 32.7 Å². The van der Waals surface area contributed by atoms with Gasteiger partial charge in [0.1, 0.15) is 5.58 Å². The SMILES string of the molecule is CC(C)(C)c1ccnc(-c2[c-]c(Oc3[c-]c(-n4cc(C(C)(C)C)cn4)ccc3)c3ccc4cccc5oc2c3c45)c1.[Pt+2]. The van der Waals surface area contributed by atoms with Gasteiger partial charge in [-0.3, -0.25) is 4.68 Å². The summed E-state index contributed by atoms with van der Waals surface area (Å²) in [6, 6.07) is 27.3. The van der Waals surface area contributed by atoms with Crippen LogP contribution in [0.4, 0.5) is 0 Å². The summed E-state index contributed by atoms with van der Waals surface area (Å²) in [6.07, 6.45) is 5.81. The van der Waals surface area contributed by atoms with Gasteiger partial charge < -0.3 is 14.1 Å². The van der Waals surface area contributed by atoms with E-state index < -0.39 is 0 Å². The van der Waals surface area contributed by atoms with Gasteiger partial charge in [0.05, 0.1) is 11.8 Å². The molecule has 0 aliphatic heterocycles. The maximum absolute atomic E-state index is 6.58. The van der Waals surface area contributed by atoms with Crippen molar-refractivity contribution in [1.29, 1.82) is 0 Å².